The van der Waals surface area contributed by atoms with Crippen LogP contribution >= 0.6 is 11.3 Å². The molecule has 10 aromatic rings. The molecule has 0 aliphatic rings. The van der Waals surface area contributed by atoms with E-state index in [1.54, 1.807) is 0 Å². The highest BCUT2D eigenvalue weighted by molar-refractivity contribution is 7.26. The highest BCUT2D eigenvalue weighted by Crippen LogP contribution is 2.44. The quantitative estimate of drug-likeness (QED) is 0.205. The van der Waals surface area contributed by atoms with Gasteiger partial charge in [0, 0.05) is 53.1 Å². The van der Waals surface area contributed by atoms with Gasteiger partial charge in [0.1, 0.15) is 5.58 Å². The number of para-hydroxylation sites is 2. The molecule has 10 rings (SSSR count). The van der Waals surface area contributed by atoms with Gasteiger partial charge in [-0.2, -0.15) is 4.98 Å². The van der Waals surface area contributed by atoms with Crippen molar-refractivity contribution in [1.29, 1.82) is 0 Å². The van der Waals surface area contributed by atoms with Gasteiger partial charge in [0.2, 0.25) is 5.71 Å². The molecule has 0 aliphatic carbocycles. The Kier molecular flexibility index (Phi) is 5.12. The van der Waals surface area contributed by atoms with Gasteiger partial charge in [-0.1, -0.05) is 103 Å². The molecule has 0 unspecified atom stereocenters. The maximum atomic E-state index is 6.31. The summed E-state index contributed by atoms with van der Waals surface area (Å²) in [6.45, 7) is 0. The molecule has 45 heavy (non-hydrogen) atoms. The third-order valence-corrected chi connectivity index (χ3v) is 10.0. The molecule has 0 spiro atoms. The van der Waals surface area contributed by atoms with Crippen molar-refractivity contribution in [3.8, 4) is 28.3 Å². The van der Waals surface area contributed by atoms with Crippen molar-refractivity contribution in [3.63, 3.8) is 0 Å². The normalized spacial score (nSPS) is 12.0. The van der Waals surface area contributed by atoms with Crippen molar-refractivity contribution in [1.82, 2.24) is 14.5 Å². The average molecular weight is 594 g/mol. The molecule has 210 valence electrons. The van der Waals surface area contributed by atoms with Gasteiger partial charge in [-0.15, -0.1) is 11.3 Å². The second kappa shape index (κ2) is 9.36. The number of fused-ring (bicyclic) bond motifs is 10. The van der Waals surface area contributed by atoms with E-state index in [2.05, 4.69) is 95.6 Å². The van der Waals surface area contributed by atoms with E-state index in [0.717, 1.165) is 38.9 Å². The van der Waals surface area contributed by atoms with Crippen LogP contribution in [0.25, 0.3) is 92.4 Å². The van der Waals surface area contributed by atoms with Crippen LogP contribution in [0.1, 0.15) is 0 Å². The van der Waals surface area contributed by atoms with E-state index < -0.39 is 0 Å². The van der Waals surface area contributed by atoms with Gasteiger partial charge in [0.05, 0.1) is 22.1 Å². The van der Waals surface area contributed by atoms with Crippen molar-refractivity contribution in [3.05, 3.63) is 140 Å². The smallest absolute Gasteiger partial charge is 0.231 e. The third kappa shape index (κ3) is 3.59. The Morgan fingerprint density at radius 2 is 1.29 bits per heavy atom. The fraction of sp³-hybridized carbons (Fsp3) is 0. The molecule has 0 saturated carbocycles. The van der Waals surface area contributed by atoms with E-state index in [1.807, 2.05) is 59.9 Å². The van der Waals surface area contributed by atoms with Crippen LogP contribution in [0, 0.1) is 0 Å². The molecular formula is C40H23N3OS. The standard InChI is InChI=1S/C40H23N3OS/c1-2-11-24(12-3-1)39-41-37(36-30-17-5-8-19-33(30)44-40(36)42-39)25-13-10-14-26(23-25)43-31-18-7-4-16-29(31)35-32(43)22-21-28-27-15-6-9-20-34(27)45-38(28)35/h1-23H. The molecule has 0 saturated heterocycles. The van der Waals surface area contributed by atoms with Crippen molar-refractivity contribution < 1.29 is 4.42 Å². The lowest BCUT2D eigenvalue weighted by Gasteiger charge is -2.11. The molecule has 0 radical (unpaired) electrons. The summed E-state index contributed by atoms with van der Waals surface area (Å²) in [7, 11) is 0. The lowest BCUT2D eigenvalue weighted by atomic mass is 10.0. The molecule has 4 heterocycles. The second-order valence-corrected chi connectivity index (χ2v) is 12.4. The number of furan rings is 1. The summed E-state index contributed by atoms with van der Waals surface area (Å²) in [6.07, 6.45) is 0. The largest absolute Gasteiger partial charge is 0.438 e. The van der Waals surface area contributed by atoms with Crippen LogP contribution < -0.4 is 0 Å². The summed E-state index contributed by atoms with van der Waals surface area (Å²) < 4.78 is 11.3. The highest BCUT2D eigenvalue weighted by Gasteiger charge is 2.20. The lowest BCUT2D eigenvalue weighted by molar-refractivity contribution is 0.653. The Morgan fingerprint density at radius 1 is 0.533 bits per heavy atom. The molecule has 0 amide bonds. The zero-order valence-electron chi connectivity index (χ0n) is 23.9. The highest BCUT2D eigenvalue weighted by atomic mass is 32.1. The fourth-order valence-electron chi connectivity index (χ4n) is 6.85. The predicted molar refractivity (Wildman–Crippen MR) is 187 cm³/mol. The van der Waals surface area contributed by atoms with Gasteiger partial charge >= 0.3 is 0 Å². The van der Waals surface area contributed by atoms with E-state index in [-0.39, 0.29) is 0 Å². The summed E-state index contributed by atoms with van der Waals surface area (Å²) in [4.78, 5) is 10.1. The SMILES string of the molecule is c1ccc(-c2nc(-c3cccc(-n4c5ccccc5c5c6sc7ccccc7c6ccc54)c3)c3c(n2)oc2ccccc23)cc1. The summed E-state index contributed by atoms with van der Waals surface area (Å²) in [5.74, 6) is 0.645. The summed E-state index contributed by atoms with van der Waals surface area (Å²) in [5, 5.41) is 7.11. The fourth-order valence-corrected chi connectivity index (χ4v) is 8.11. The second-order valence-electron chi connectivity index (χ2n) is 11.4. The monoisotopic (exact) mass is 593 g/mol. The molecule has 0 atom stereocenters. The number of aromatic nitrogens is 3. The van der Waals surface area contributed by atoms with Crippen molar-refractivity contribution >= 4 is 75.4 Å². The van der Waals surface area contributed by atoms with E-state index >= 15 is 0 Å². The van der Waals surface area contributed by atoms with Crippen LogP contribution in [-0.4, -0.2) is 14.5 Å². The molecule has 5 heteroatoms. The Hall–Kier alpha value is -5.78. The minimum atomic E-state index is 0.592. The number of hydrogen-bond donors (Lipinski definition) is 0. The number of hydrogen-bond acceptors (Lipinski definition) is 4. The number of nitrogens with zero attached hydrogens (tertiary/aromatic N) is 3. The zero-order chi connectivity index (χ0) is 29.5. The van der Waals surface area contributed by atoms with Gasteiger partial charge in [-0.05, 0) is 36.4 Å². The molecule has 0 N–H and O–H groups in total. The maximum Gasteiger partial charge on any atom is 0.231 e. The van der Waals surface area contributed by atoms with Crippen LogP contribution in [0.2, 0.25) is 0 Å². The summed E-state index contributed by atoms with van der Waals surface area (Å²) in [6, 6.07) is 48.9. The lowest BCUT2D eigenvalue weighted by Crippen LogP contribution is -1.97. The van der Waals surface area contributed by atoms with Crippen molar-refractivity contribution in [2.45, 2.75) is 0 Å². The van der Waals surface area contributed by atoms with Gasteiger partial charge in [0.15, 0.2) is 5.82 Å². The molecular weight excluding hydrogens is 571 g/mol. The first-order chi connectivity index (χ1) is 22.3. The molecule has 0 bridgehead atoms. The minimum absolute atomic E-state index is 0.592. The third-order valence-electron chi connectivity index (χ3n) is 8.83. The Bertz CT molecular complexity index is 2770. The number of thiophene rings is 1. The Labute approximate surface area is 261 Å². The molecule has 4 nitrogen and oxygen atoms in total. The van der Waals surface area contributed by atoms with E-state index in [1.165, 1.54) is 42.0 Å². The molecule has 0 fully saturated rings. The van der Waals surface area contributed by atoms with Gasteiger partial charge in [-0.3, -0.25) is 0 Å². The zero-order valence-corrected chi connectivity index (χ0v) is 24.8. The first-order valence-corrected chi connectivity index (χ1v) is 15.8. The first-order valence-electron chi connectivity index (χ1n) is 15.0. The van der Waals surface area contributed by atoms with Crippen LogP contribution in [0.5, 0.6) is 0 Å². The van der Waals surface area contributed by atoms with E-state index in [0.29, 0.717) is 11.5 Å². The topological polar surface area (TPSA) is 43.9 Å². The van der Waals surface area contributed by atoms with Crippen LogP contribution in [0.4, 0.5) is 0 Å². The molecule has 6 aromatic carbocycles. The Balaban J connectivity index is 1.26. The van der Waals surface area contributed by atoms with Gasteiger partial charge in [0.25, 0.3) is 0 Å². The van der Waals surface area contributed by atoms with Gasteiger partial charge in [-0.25, -0.2) is 4.98 Å². The van der Waals surface area contributed by atoms with Gasteiger partial charge < -0.3 is 8.98 Å². The minimum Gasteiger partial charge on any atom is -0.438 e. The summed E-state index contributed by atoms with van der Waals surface area (Å²) in [5.41, 5.74) is 7.68. The average Bonchev–Trinajstić information content (AvgIpc) is 3.77. The summed E-state index contributed by atoms with van der Waals surface area (Å²) >= 11 is 1.88. The maximum absolute atomic E-state index is 6.31. The van der Waals surface area contributed by atoms with Crippen LogP contribution in [0.3, 0.4) is 0 Å². The van der Waals surface area contributed by atoms with Crippen LogP contribution in [0.15, 0.2) is 144 Å². The van der Waals surface area contributed by atoms with E-state index in [4.69, 9.17) is 14.4 Å². The molecule has 4 aromatic heterocycles. The van der Waals surface area contributed by atoms with Crippen molar-refractivity contribution in [2.75, 3.05) is 0 Å². The van der Waals surface area contributed by atoms with E-state index in [9.17, 15) is 0 Å². The Morgan fingerprint density at radius 3 is 2.20 bits per heavy atom. The molecule has 0 aliphatic heterocycles. The predicted octanol–water partition coefficient (Wildman–Crippen LogP) is 11.2. The van der Waals surface area contributed by atoms with Crippen LogP contribution in [-0.2, 0) is 0 Å². The number of benzene rings is 6. The van der Waals surface area contributed by atoms with Crippen molar-refractivity contribution in [2.24, 2.45) is 0 Å². The number of rotatable bonds is 3. The first kappa shape index (κ1) is 24.6.